The van der Waals surface area contributed by atoms with Crippen LogP contribution in [0, 0.1) is 12.7 Å². The Balaban J connectivity index is 1.83. The smallest absolute Gasteiger partial charge is 0.240 e. The predicted octanol–water partition coefficient (Wildman–Crippen LogP) is 3.97. The molecule has 0 saturated heterocycles. The zero-order chi connectivity index (χ0) is 21.0. The number of benzene rings is 3. The minimum absolute atomic E-state index is 0.0127. The zero-order valence-electron chi connectivity index (χ0n) is 16.0. The van der Waals surface area contributed by atoms with Crippen LogP contribution in [0.1, 0.15) is 15.9 Å². The zero-order valence-corrected chi connectivity index (χ0v) is 16.8. The van der Waals surface area contributed by atoms with E-state index in [0.29, 0.717) is 16.9 Å². The molecule has 7 heteroatoms. The summed E-state index contributed by atoms with van der Waals surface area (Å²) in [6.07, 6.45) is 0. The first-order chi connectivity index (χ1) is 13.8. The van der Waals surface area contributed by atoms with Crippen LogP contribution in [0.15, 0.2) is 71.6 Å². The van der Waals surface area contributed by atoms with Crippen molar-refractivity contribution in [2.45, 2.75) is 11.8 Å². The first-order valence-corrected chi connectivity index (χ1v) is 10.3. The Kier molecular flexibility index (Phi) is 6.10. The molecule has 1 N–H and O–H groups in total. The van der Waals surface area contributed by atoms with Crippen molar-refractivity contribution in [3.63, 3.8) is 0 Å². The van der Waals surface area contributed by atoms with Crippen LogP contribution in [0.5, 0.6) is 5.75 Å². The van der Waals surface area contributed by atoms with Crippen molar-refractivity contribution in [3.8, 4) is 16.9 Å². The fraction of sp³-hybridized carbons (Fsp3) is 0.136. The number of hydrogen-bond acceptors (Lipinski definition) is 4. The maximum atomic E-state index is 14.4. The van der Waals surface area contributed by atoms with Gasteiger partial charge in [-0.1, -0.05) is 36.4 Å². The normalized spacial score (nSPS) is 11.3. The molecule has 5 nitrogen and oxygen atoms in total. The van der Waals surface area contributed by atoms with E-state index >= 15 is 0 Å². The molecule has 150 valence electrons. The van der Waals surface area contributed by atoms with E-state index in [1.54, 1.807) is 13.0 Å². The van der Waals surface area contributed by atoms with Gasteiger partial charge in [0.05, 0.1) is 24.1 Å². The number of halogens is 1. The minimum atomic E-state index is -3.93. The SMILES string of the molecule is COc1ccc(S(=O)(=O)NCC(=O)c2c(F)ccc(-c3ccccc3)c2C)cc1. The van der Waals surface area contributed by atoms with Gasteiger partial charge in [-0.3, -0.25) is 4.79 Å². The van der Waals surface area contributed by atoms with Crippen LogP contribution in [0.3, 0.4) is 0 Å². The van der Waals surface area contributed by atoms with Crippen LogP contribution in [0.2, 0.25) is 0 Å². The molecule has 0 atom stereocenters. The van der Waals surface area contributed by atoms with E-state index in [4.69, 9.17) is 4.74 Å². The van der Waals surface area contributed by atoms with E-state index in [0.717, 1.165) is 5.56 Å². The van der Waals surface area contributed by atoms with Gasteiger partial charge in [0.1, 0.15) is 11.6 Å². The Morgan fingerprint density at radius 2 is 1.66 bits per heavy atom. The summed E-state index contributed by atoms with van der Waals surface area (Å²) in [6, 6.07) is 17.9. The number of ketones is 1. The number of nitrogens with one attached hydrogen (secondary N) is 1. The highest BCUT2D eigenvalue weighted by molar-refractivity contribution is 7.89. The minimum Gasteiger partial charge on any atom is -0.497 e. The predicted molar refractivity (Wildman–Crippen MR) is 109 cm³/mol. The lowest BCUT2D eigenvalue weighted by atomic mass is 9.94. The second-order valence-corrected chi connectivity index (χ2v) is 8.15. The fourth-order valence-electron chi connectivity index (χ4n) is 3.04. The monoisotopic (exact) mass is 413 g/mol. The molecule has 0 aliphatic carbocycles. The highest BCUT2D eigenvalue weighted by atomic mass is 32.2. The first kappa shape index (κ1) is 20.7. The van der Waals surface area contributed by atoms with Crippen LogP contribution in [-0.4, -0.2) is 27.9 Å². The highest BCUT2D eigenvalue weighted by Gasteiger charge is 2.21. The molecule has 29 heavy (non-hydrogen) atoms. The molecule has 3 rings (SSSR count). The summed E-state index contributed by atoms with van der Waals surface area (Å²) in [4.78, 5) is 12.6. The fourth-order valence-corrected chi connectivity index (χ4v) is 4.02. The van der Waals surface area contributed by atoms with Gasteiger partial charge >= 0.3 is 0 Å². The van der Waals surface area contributed by atoms with Gasteiger partial charge in [0.15, 0.2) is 5.78 Å². The molecule has 0 spiro atoms. The molecular formula is C22H20FNO4S. The molecule has 0 heterocycles. The van der Waals surface area contributed by atoms with Crippen LogP contribution < -0.4 is 9.46 Å². The van der Waals surface area contributed by atoms with E-state index in [2.05, 4.69) is 4.72 Å². The molecular weight excluding hydrogens is 393 g/mol. The van der Waals surface area contributed by atoms with E-state index < -0.39 is 28.2 Å². The lowest BCUT2D eigenvalue weighted by molar-refractivity contribution is 0.0992. The van der Waals surface area contributed by atoms with Crippen LogP contribution >= 0.6 is 0 Å². The largest absolute Gasteiger partial charge is 0.497 e. The van der Waals surface area contributed by atoms with Gasteiger partial charge < -0.3 is 4.74 Å². The molecule has 0 radical (unpaired) electrons. The number of rotatable bonds is 7. The van der Waals surface area contributed by atoms with Gasteiger partial charge in [0.25, 0.3) is 0 Å². The van der Waals surface area contributed by atoms with Crippen molar-refractivity contribution in [2.75, 3.05) is 13.7 Å². The number of sulfonamides is 1. The number of ether oxygens (including phenoxy) is 1. The number of carbonyl (C=O) groups excluding carboxylic acids is 1. The molecule has 0 unspecified atom stereocenters. The average molecular weight is 413 g/mol. The van der Waals surface area contributed by atoms with Gasteiger partial charge in [-0.05, 0) is 53.9 Å². The Labute approximate surface area is 169 Å². The summed E-state index contributed by atoms with van der Waals surface area (Å²) in [5.41, 5.74) is 1.90. The third-order valence-corrected chi connectivity index (χ3v) is 5.99. The van der Waals surface area contributed by atoms with Crippen molar-refractivity contribution in [1.82, 2.24) is 4.72 Å². The third kappa shape index (κ3) is 4.52. The Hall–Kier alpha value is -3.03. The summed E-state index contributed by atoms with van der Waals surface area (Å²) in [7, 11) is -2.45. The van der Waals surface area contributed by atoms with Crippen LogP contribution in [0.4, 0.5) is 4.39 Å². The van der Waals surface area contributed by atoms with E-state index in [-0.39, 0.29) is 10.5 Å². The molecule has 0 aromatic heterocycles. The van der Waals surface area contributed by atoms with Gasteiger partial charge in [-0.2, -0.15) is 0 Å². The molecule has 3 aromatic carbocycles. The summed E-state index contributed by atoms with van der Waals surface area (Å²) in [5, 5.41) is 0. The van der Waals surface area contributed by atoms with Crippen molar-refractivity contribution in [1.29, 1.82) is 0 Å². The molecule has 0 fully saturated rings. The topological polar surface area (TPSA) is 72.5 Å². The number of carbonyl (C=O) groups is 1. The second-order valence-electron chi connectivity index (χ2n) is 6.38. The van der Waals surface area contributed by atoms with E-state index in [1.165, 1.54) is 37.4 Å². The summed E-state index contributed by atoms with van der Waals surface area (Å²) in [6.45, 7) is 1.10. The molecule has 0 saturated carbocycles. The number of methoxy groups -OCH3 is 1. The Morgan fingerprint density at radius 1 is 1.00 bits per heavy atom. The molecule has 0 amide bonds. The Bertz CT molecular complexity index is 1130. The molecule has 0 aliphatic heterocycles. The van der Waals surface area contributed by atoms with Gasteiger partial charge in [0, 0.05) is 0 Å². The van der Waals surface area contributed by atoms with Gasteiger partial charge in [-0.15, -0.1) is 0 Å². The Morgan fingerprint density at radius 3 is 2.28 bits per heavy atom. The van der Waals surface area contributed by atoms with E-state index in [1.807, 2.05) is 30.3 Å². The summed E-state index contributed by atoms with van der Waals surface area (Å²) >= 11 is 0. The van der Waals surface area contributed by atoms with Crippen LogP contribution in [-0.2, 0) is 10.0 Å². The second kappa shape index (κ2) is 8.55. The van der Waals surface area contributed by atoms with E-state index in [9.17, 15) is 17.6 Å². The van der Waals surface area contributed by atoms with Gasteiger partial charge in [-0.25, -0.2) is 17.5 Å². The van der Waals surface area contributed by atoms with Crippen molar-refractivity contribution in [3.05, 3.63) is 83.7 Å². The quantitative estimate of drug-likeness (QED) is 0.595. The maximum absolute atomic E-state index is 14.4. The molecule has 3 aromatic rings. The summed E-state index contributed by atoms with van der Waals surface area (Å²) < 4.78 is 46.5. The number of hydrogen-bond donors (Lipinski definition) is 1. The molecule has 0 bridgehead atoms. The van der Waals surface area contributed by atoms with Gasteiger partial charge in [0.2, 0.25) is 10.0 Å². The van der Waals surface area contributed by atoms with Crippen molar-refractivity contribution in [2.24, 2.45) is 0 Å². The van der Waals surface area contributed by atoms with Crippen LogP contribution in [0.25, 0.3) is 11.1 Å². The number of Topliss-reactive ketones (excluding diaryl/α,β-unsaturated/α-hetero) is 1. The lowest BCUT2D eigenvalue weighted by Crippen LogP contribution is -2.30. The van der Waals surface area contributed by atoms with Crippen molar-refractivity contribution < 1.29 is 22.3 Å². The summed E-state index contributed by atoms with van der Waals surface area (Å²) in [5.74, 6) is -0.818. The highest BCUT2D eigenvalue weighted by Crippen LogP contribution is 2.27. The van der Waals surface area contributed by atoms with Crippen molar-refractivity contribution >= 4 is 15.8 Å². The molecule has 0 aliphatic rings. The maximum Gasteiger partial charge on any atom is 0.240 e. The average Bonchev–Trinajstić information content (AvgIpc) is 2.73. The lowest BCUT2D eigenvalue weighted by Gasteiger charge is -2.13. The first-order valence-electron chi connectivity index (χ1n) is 8.85. The third-order valence-electron chi connectivity index (χ3n) is 4.57. The standard InChI is InChI=1S/C22H20FNO4S/c1-15-19(16-6-4-3-5-7-16)12-13-20(23)22(15)21(25)14-24-29(26,27)18-10-8-17(28-2)9-11-18/h3-13,24H,14H2,1-2H3.